The Hall–Kier alpha value is -0.610. The normalized spacial score (nSPS) is 18.1. The van der Waals surface area contributed by atoms with Gasteiger partial charge in [-0.1, -0.05) is 0 Å². The van der Waals surface area contributed by atoms with E-state index in [4.69, 9.17) is 9.47 Å². The number of carbonyl (C=O) groups excluding carboxylic acids is 1. The second kappa shape index (κ2) is 6.97. The molecule has 1 heterocycles. The van der Waals surface area contributed by atoms with Crippen molar-refractivity contribution in [1.29, 1.82) is 0 Å². The summed E-state index contributed by atoms with van der Waals surface area (Å²) in [6.45, 7) is 11.0. The van der Waals surface area contributed by atoms with Crippen molar-refractivity contribution in [3.05, 3.63) is 0 Å². The quantitative estimate of drug-likeness (QED) is 0.544. The highest BCUT2D eigenvalue weighted by Crippen LogP contribution is 2.15. The third-order valence-electron chi connectivity index (χ3n) is 2.82. The molecule has 0 saturated carbocycles. The summed E-state index contributed by atoms with van der Waals surface area (Å²) in [6.07, 6.45) is 2.02. The lowest BCUT2D eigenvalue weighted by Gasteiger charge is -2.26. The molecule has 0 amide bonds. The van der Waals surface area contributed by atoms with Crippen LogP contribution in [0.5, 0.6) is 0 Å². The maximum atomic E-state index is 11.5. The molecule has 0 aliphatic carbocycles. The molecule has 100 valence electrons. The minimum Gasteiger partial charge on any atom is -0.465 e. The van der Waals surface area contributed by atoms with Gasteiger partial charge < -0.3 is 9.47 Å². The SMILES string of the molecule is CC(C)(C)C(=O)OCCCCN1CCOCC1. The smallest absolute Gasteiger partial charge is 0.311 e. The highest BCUT2D eigenvalue weighted by atomic mass is 16.5. The zero-order chi connectivity index (χ0) is 12.7. The second-order valence-electron chi connectivity index (χ2n) is 5.55. The number of unbranched alkanes of at least 4 members (excludes halogenated alkanes) is 1. The first-order chi connectivity index (χ1) is 8.00. The van der Waals surface area contributed by atoms with Crippen LogP contribution in [0.2, 0.25) is 0 Å². The molecule has 0 atom stereocenters. The van der Waals surface area contributed by atoms with Crippen LogP contribution in [0.1, 0.15) is 33.6 Å². The molecule has 17 heavy (non-hydrogen) atoms. The molecule has 0 bridgehead atoms. The highest BCUT2D eigenvalue weighted by Gasteiger charge is 2.22. The van der Waals surface area contributed by atoms with E-state index in [0.29, 0.717) is 6.61 Å². The van der Waals surface area contributed by atoms with Crippen molar-refractivity contribution in [2.45, 2.75) is 33.6 Å². The number of rotatable bonds is 5. The summed E-state index contributed by atoms with van der Waals surface area (Å²) in [5.74, 6) is -0.108. The lowest BCUT2D eigenvalue weighted by Crippen LogP contribution is -2.36. The van der Waals surface area contributed by atoms with Gasteiger partial charge in [0.15, 0.2) is 0 Å². The van der Waals surface area contributed by atoms with Crippen molar-refractivity contribution < 1.29 is 14.3 Å². The van der Waals surface area contributed by atoms with Crippen LogP contribution in [0.15, 0.2) is 0 Å². The number of morpholine rings is 1. The van der Waals surface area contributed by atoms with Crippen LogP contribution in [0, 0.1) is 5.41 Å². The molecule has 4 heteroatoms. The van der Waals surface area contributed by atoms with Crippen LogP contribution in [-0.2, 0) is 14.3 Å². The van der Waals surface area contributed by atoms with E-state index in [1.807, 2.05) is 20.8 Å². The Labute approximate surface area is 104 Å². The summed E-state index contributed by atoms with van der Waals surface area (Å²) in [5, 5.41) is 0. The molecule has 1 aliphatic rings. The maximum Gasteiger partial charge on any atom is 0.311 e. The Kier molecular flexibility index (Phi) is 5.92. The molecule has 0 spiro atoms. The van der Waals surface area contributed by atoms with Gasteiger partial charge in [-0.2, -0.15) is 0 Å². The fraction of sp³-hybridized carbons (Fsp3) is 0.923. The van der Waals surface area contributed by atoms with E-state index in [1.54, 1.807) is 0 Å². The summed E-state index contributed by atoms with van der Waals surface area (Å²) >= 11 is 0. The third-order valence-corrected chi connectivity index (χ3v) is 2.82. The molecule has 0 N–H and O–H groups in total. The van der Waals surface area contributed by atoms with Crippen LogP contribution in [0.4, 0.5) is 0 Å². The fourth-order valence-electron chi connectivity index (χ4n) is 1.64. The van der Waals surface area contributed by atoms with Gasteiger partial charge in [0.05, 0.1) is 25.2 Å². The molecule has 0 aromatic carbocycles. The first kappa shape index (κ1) is 14.5. The second-order valence-corrected chi connectivity index (χ2v) is 5.55. The number of nitrogens with zero attached hydrogens (tertiary/aromatic N) is 1. The van der Waals surface area contributed by atoms with Gasteiger partial charge in [0.1, 0.15) is 0 Å². The molecule has 1 fully saturated rings. The van der Waals surface area contributed by atoms with Crippen molar-refractivity contribution in [2.75, 3.05) is 39.5 Å². The monoisotopic (exact) mass is 243 g/mol. The minimum absolute atomic E-state index is 0.108. The summed E-state index contributed by atoms with van der Waals surface area (Å²) in [7, 11) is 0. The molecule has 1 saturated heterocycles. The summed E-state index contributed by atoms with van der Waals surface area (Å²) in [6, 6.07) is 0. The number of carbonyl (C=O) groups is 1. The van der Waals surface area contributed by atoms with Crippen LogP contribution >= 0.6 is 0 Å². The molecule has 0 aromatic heterocycles. The molecule has 1 aliphatic heterocycles. The third kappa shape index (κ3) is 6.03. The first-order valence-corrected chi connectivity index (χ1v) is 6.47. The molecule has 4 nitrogen and oxygen atoms in total. The number of hydrogen-bond donors (Lipinski definition) is 0. The van der Waals surface area contributed by atoms with Crippen LogP contribution in [0.25, 0.3) is 0 Å². The minimum atomic E-state index is -0.385. The van der Waals surface area contributed by atoms with Crippen molar-refractivity contribution in [3.8, 4) is 0 Å². The van der Waals surface area contributed by atoms with Crippen LogP contribution in [0.3, 0.4) is 0 Å². The molecule has 1 rings (SSSR count). The van der Waals surface area contributed by atoms with Gasteiger partial charge in [0.2, 0.25) is 0 Å². The zero-order valence-electron chi connectivity index (χ0n) is 11.3. The largest absolute Gasteiger partial charge is 0.465 e. The topological polar surface area (TPSA) is 38.8 Å². The summed E-state index contributed by atoms with van der Waals surface area (Å²) < 4.78 is 10.5. The lowest BCUT2D eigenvalue weighted by atomic mass is 9.97. The molecule has 0 radical (unpaired) electrons. The molecule has 0 aromatic rings. The standard InChI is InChI=1S/C13H25NO3/c1-13(2,3)12(15)17-9-5-4-6-14-7-10-16-11-8-14/h4-11H2,1-3H3. The average molecular weight is 243 g/mol. The van der Waals surface area contributed by atoms with Crippen molar-refractivity contribution in [1.82, 2.24) is 4.90 Å². The Morgan fingerprint density at radius 3 is 2.47 bits per heavy atom. The molecular weight excluding hydrogens is 218 g/mol. The predicted molar refractivity (Wildman–Crippen MR) is 66.9 cm³/mol. The average Bonchev–Trinajstić information content (AvgIpc) is 2.28. The van der Waals surface area contributed by atoms with Crippen molar-refractivity contribution in [2.24, 2.45) is 5.41 Å². The Morgan fingerprint density at radius 2 is 1.88 bits per heavy atom. The van der Waals surface area contributed by atoms with Crippen molar-refractivity contribution in [3.63, 3.8) is 0 Å². The number of ether oxygens (including phenoxy) is 2. The maximum absolute atomic E-state index is 11.5. The predicted octanol–water partition coefficient (Wildman–Crippen LogP) is 1.69. The van der Waals surface area contributed by atoms with Gasteiger partial charge in [-0.3, -0.25) is 9.69 Å². The van der Waals surface area contributed by atoms with Gasteiger partial charge in [0, 0.05) is 13.1 Å². The molecular formula is C13H25NO3. The van der Waals surface area contributed by atoms with Gasteiger partial charge in [-0.25, -0.2) is 0 Å². The van der Waals surface area contributed by atoms with Gasteiger partial charge >= 0.3 is 5.97 Å². The van der Waals surface area contributed by atoms with E-state index >= 15 is 0 Å². The van der Waals surface area contributed by atoms with E-state index in [9.17, 15) is 4.79 Å². The van der Waals surface area contributed by atoms with Crippen LogP contribution in [-0.4, -0.2) is 50.3 Å². The zero-order valence-corrected chi connectivity index (χ0v) is 11.3. The van der Waals surface area contributed by atoms with Crippen LogP contribution < -0.4 is 0 Å². The molecule has 0 unspecified atom stereocenters. The van der Waals surface area contributed by atoms with Gasteiger partial charge in [-0.15, -0.1) is 0 Å². The van der Waals surface area contributed by atoms with E-state index in [-0.39, 0.29) is 11.4 Å². The Balaban J connectivity index is 1.99. The van der Waals surface area contributed by atoms with E-state index in [2.05, 4.69) is 4.90 Å². The highest BCUT2D eigenvalue weighted by molar-refractivity contribution is 5.75. The Morgan fingerprint density at radius 1 is 1.24 bits per heavy atom. The summed E-state index contributed by atoms with van der Waals surface area (Å²) in [4.78, 5) is 13.9. The summed E-state index contributed by atoms with van der Waals surface area (Å²) in [5.41, 5.74) is -0.385. The van der Waals surface area contributed by atoms with E-state index in [0.717, 1.165) is 45.7 Å². The van der Waals surface area contributed by atoms with E-state index < -0.39 is 0 Å². The van der Waals surface area contributed by atoms with Crippen molar-refractivity contribution >= 4 is 5.97 Å². The van der Waals surface area contributed by atoms with Gasteiger partial charge in [0.25, 0.3) is 0 Å². The number of esters is 1. The number of hydrogen-bond acceptors (Lipinski definition) is 4. The lowest BCUT2D eigenvalue weighted by molar-refractivity contribution is -0.153. The Bertz CT molecular complexity index is 229. The fourth-order valence-corrected chi connectivity index (χ4v) is 1.64. The van der Waals surface area contributed by atoms with E-state index in [1.165, 1.54) is 0 Å². The first-order valence-electron chi connectivity index (χ1n) is 6.47. The van der Waals surface area contributed by atoms with Gasteiger partial charge in [-0.05, 0) is 40.2 Å².